The average molecular weight is 316 g/mol. The van der Waals surface area contributed by atoms with Gasteiger partial charge in [0.1, 0.15) is 5.76 Å². The van der Waals surface area contributed by atoms with E-state index in [0.29, 0.717) is 0 Å². The van der Waals surface area contributed by atoms with Crippen LogP contribution in [-0.4, -0.2) is 17.1 Å². The Kier molecular flexibility index (Phi) is 3.56. The number of aliphatic hydroxyl groups excluding tert-OH is 1. The van der Waals surface area contributed by atoms with E-state index >= 15 is 0 Å². The molecule has 5 heteroatoms. The second kappa shape index (κ2) is 5.43. The number of carbonyl (C=O) groups excluding carboxylic acids is 1. The maximum Gasteiger partial charge on any atom is 0.454 e. The van der Waals surface area contributed by atoms with Crippen molar-refractivity contribution >= 4 is 33.1 Å². The van der Waals surface area contributed by atoms with Gasteiger partial charge >= 0.3 is 6.18 Å². The molecule has 0 spiro atoms. The Bertz CT molecular complexity index is 940. The molecule has 0 unspecified atom stereocenters. The van der Waals surface area contributed by atoms with Crippen LogP contribution in [0, 0.1) is 0 Å². The number of alkyl halides is 3. The highest BCUT2D eigenvalue weighted by Gasteiger charge is 2.37. The van der Waals surface area contributed by atoms with Crippen LogP contribution in [0.5, 0.6) is 0 Å². The first-order valence-electron chi connectivity index (χ1n) is 6.79. The van der Waals surface area contributed by atoms with E-state index in [-0.39, 0.29) is 11.6 Å². The Balaban J connectivity index is 2.07. The van der Waals surface area contributed by atoms with Gasteiger partial charge in [0.05, 0.1) is 0 Å². The fraction of sp³-hybridized carbons (Fsp3) is 0.0556. The number of halogens is 3. The Morgan fingerprint density at radius 1 is 0.870 bits per heavy atom. The summed E-state index contributed by atoms with van der Waals surface area (Å²) >= 11 is 0. The molecule has 1 N–H and O–H groups in total. The van der Waals surface area contributed by atoms with Crippen molar-refractivity contribution < 1.29 is 23.1 Å². The van der Waals surface area contributed by atoms with Gasteiger partial charge in [-0.05, 0) is 39.7 Å². The summed E-state index contributed by atoms with van der Waals surface area (Å²) in [7, 11) is 0. The van der Waals surface area contributed by atoms with Crippen molar-refractivity contribution in [3.63, 3.8) is 0 Å². The molecule has 116 valence electrons. The summed E-state index contributed by atoms with van der Waals surface area (Å²) in [4.78, 5) is 10.9. The molecule has 0 aromatic heterocycles. The molecule has 3 aromatic rings. The Morgan fingerprint density at radius 2 is 1.43 bits per heavy atom. The Morgan fingerprint density at radius 3 is 2.04 bits per heavy atom. The summed E-state index contributed by atoms with van der Waals surface area (Å²) in [5, 5.41) is 13.4. The van der Waals surface area contributed by atoms with Gasteiger partial charge in [0.25, 0.3) is 5.78 Å². The molecule has 3 rings (SSSR count). The van der Waals surface area contributed by atoms with Crippen molar-refractivity contribution in [2.45, 2.75) is 6.18 Å². The summed E-state index contributed by atoms with van der Waals surface area (Å²) in [6.45, 7) is 0. The maximum absolute atomic E-state index is 12.2. The lowest BCUT2D eigenvalue weighted by Gasteiger charge is -2.06. The van der Waals surface area contributed by atoms with Crippen LogP contribution in [0.25, 0.3) is 27.3 Å². The first-order valence-corrected chi connectivity index (χ1v) is 6.79. The van der Waals surface area contributed by atoms with E-state index < -0.39 is 17.7 Å². The topological polar surface area (TPSA) is 37.3 Å². The third-order valence-electron chi connectivity index (χ3n) is 3.55. The van der Waals surface area contributed by atoms with E-state index in [4.69, 9.17) is 0 Å². The van der Waals surface area contributed by atoms with Gasteiger partial charge in [0, 0.05) is 11.6 Å². The van der Waals surface area contributed by atoms with E-state index in [1.165, 1.54) is 6.07 Å². The molecule has 0 radical (unpaired) electrons. The fourth-order valence-electron chi connectivity index (χ4n) is 2.39. The number of benzene rings is 3. The normalized spacial score (nSPS) is 12.7. The number of fused-ring (bicyclic) bond motifs is 2. The lowest BCUT2D eigenvalue weighted by Crippen LogP contribution is -2.20. The highest BCUT2D eigenvalue weighted by molar-refractivity contribution is 6.01. The van der Waals surface area contributed by atoms with Crippen molar-refractivity contribution in [3.05, 3.63) is 66.2 Å². The lowest BCUT2D eigenvalue weighted by molar-refractivity contribution is -0.165. The molecule has 0 aliphatic carbocycles. The number of hydrogen-bond acceptors (Lipinski definition) is 2. The van der Waals surface area contributed by atoms with Crippen molar-refractivity contribution in [2.24, 2.45) is 0 Å². The minimum absolute atomic E-state index is 0.158. The monoisotopic (exact) mass is 316 g/mol. The molecule has 0 atom stereocenters. The molecule has 0 heterocycles. The summed E-state index contributed by atoms with van der Waals surface area (Å²) in [5.74, 6) is -2.80. The van der Waals surface area contributed by atoms with Crippen LogP contribution in [0.15, 0.2) is 60.7 Å². The molecule has 3 aromatic carbocycles. The van der Waals surface area contributed by atoms with Crippen molar-refractivity contribution in [1.82, 2.24) is 0 Å². The third kappa shape index (κ3) is 3.04. The number of hydrogen-bond donors (Lipinski definition) is 1. The lowest BCUT2D eigenvalue weighted by atomic mass is 10.0. The summed E-state index contributed by atoms with van der Waals surface area (Å²) in [6.07, 6.45) is -4.80. The molecule has 0 aliphatic heterocycles. The molecular weight excluding hydrogens is 305 g/mol. The number of carbonyl (C=O) groups is 1. The van der Waals surface area contributed by atoms with Crippen LogP contribution in [0.3, 0.4) is 0 Å². The highest BCUT2D eigenvalue weighted by Crippen LogP contribution is 2.26. The Hall–Kier alpha value is -2.82. The van der Waals surface area contributed by atoms with E-state index in [1.54, 1.807) is 12.1 Å². The van der Waals surface area contributed by atoms with E-state index in [0.717, 1.165) is 21.5 Å². The first kappa shape index (κ1) is 15.1. The molecule has 0 fully saturated rings. The van der Waals surface area contributed by atoms with Crippen LogP contribution in [0.2, 0.25) is 0 Å². The van der Waals surface area contributed by atoms with E-state index in [2.05, 4.69) is 0 Å². The van der Waals surface area contributed by atoms with Crippen LogP contribution in [0.1, 0.15) is 5.56 Å². The maximum atomic E-state index is 12.2. The predicted molar refractivity (Wildman–Crippen MR) is 83.1 cm³/mol. The highest BCUT2D eigenvalue weighted by atomic mass is 19.4. The fourth-order valence-corrected chi connectivity index (χ4v) is 2.39. The quantitative estimate of drug-likeness (QED) is 0.409. The first-order chi connectivity index (χ1) is 10.8. The summed E-state index contributed by atoms with van der Waals surface area (Å²) < 4.78 is 36.7. The third-order valence-corrected chi connectivity index (χ3v) is 3.55. The molecule has 0 saturated carbocycles. The number of ketones is 1. The average Bonchev–Trinajstić information content (AvgIpc) is 2.51. The second-order valence-electron chi connectivity index (χ2n) is 5.15. The molecule has 0 amide bonds. The van der Waals surface area contributed by atoms with Crippen molar-refractivity contribution in [3.8, 4) is 0 Å². The van der Waals surface area contributed by atoms with Crippen molar-refractivity contribution in [1.29, 1.82) is 0 Å². The molecular formula is C18H11F3O2. The summed E-state index contributed by atoms with van der Waals surface area (Å²) in [5.41, 5.74) is 0.158. The number of allylic oxidation sites excluding steroid dienone is 1. The minimum atomic E-state index is -5.00. The molecule has 0 saturated heterocycles. The smallest absolute Gasteiger partial charge is 0.454 e. The van der Waals surface area contributed by atoms with Crippen molar-refractivity contribution in [2.75, 3.05) is 0 Å². The molecule has 2 nitrogen and oxygen atoms in total. The largest absolute Gasteiger partial charge is 0.507 e. The van der Waals surface area contributed by atoms with Gasteiger partial charge in [-0.25, -0.2) is 0 Å². The Labute approximate surface area is 129 Å². The minimum Gasteiger partial charge on any atom is -0.507 e. The van der Waals surface area contributed by atoms with Gasteiger partial charge in [-0.2, -0.15) is 13.2 Å². The molecule has 0 aliphatic rings. The standard InChI is InChI=1S/C18H11F3O2/c19-18(20,21)17(23)10-16(22)14-6-5-13-7-11-3-1-2-4-12(11)8-15(13)9-14/h1-10,22H/b16-10-. The van der Waals surface area contributed by atoms with Gasteiger partial charge < -0.3 is 5.11 Å². The summed E-state index contributed by atoms with van der Waals surface area (Å²) in [6, 6.07) is 16.2. The van der Waals surface area contributed by atoms with E-state index in [1.807, 2.05) is 36.4 Å². The van der Waals surface area contributed by atoms with Gasteiger partial charge in [0.15, 0.2) is 0 Å². The van der Waals surface area contributed by atoms with Gasteiger partial charge in [0.2, 0.25) is 0 Å². The van der Waals surface area contributed by atoms with Crippen LogP contribution >= 0.6 is 0 Å². The number of aliphatic hydroxyl groups is 1. The number of rotatable bonds is 2. The van der Waals surface area contributed by atoms with Crippen LogP contribution in [-0.2, 0) is 4.79 Å². The van der Waals surface area contributed by atoms with Gasteiger partial charge in [-0.1, -0.05) is 36.4 Å². The molecule has 23 heavy (non-hydrogen) atoms. The van der Waals surface area contributed by atoms with E-state index in [9.17, 15) is 23.1 Å². The van der Waals surface area contributed by atoms with Crippen LogP contribution in [0.4, 0.5) is 13.2 Å². The zero-order valence-corrected chi connectivity index (χ0v) is 11.8. The zero-order chi connectivity index (χ0) is 16.6. The predicted octanol–water partition coefficient (Wildman–Crippen LogP) is 5.02. The second-order valence-corrected chi connectivity index (χ2v) is 5.15. The zero-order valence-electron chi connectivity index (χ0n) is 11.8. The van der Waals surface area contributed by atoms with Gasteiger partial charge in [-0.15, -0.1) is 0 Å². The van der Waals surface area contributed by atoms with Crippen LogP contribution < -0.4 is 0 Å². The van der Waals surface area contributed by atoms with Gasteiger partial charge in [-0.3, -0.25) is 4.79 Å². The molecule has 0 bridgehead atoms. The SMILES string of the molecule is O=C(/C=C(\O)c1ccc2cc3ccccc3cc2c1)C(F)(F)F.